The van der Waals surface area contributed by atoms with E-state index in [9.17, 15) is 4.39 Å². The van der Waals surface area contributed by atoms with E-state index in [1.165, 1.54) is 42.5 Å². The van der Waals surface area contributed by atoms with Gasteiger partial charge in [-0.1, -0.05) is 19.8 Å². The molecule has 1 N–H and O–H groups in total. The molecule has 3 rings (SSSR count). The average molecular weight is 248 g/mol. The number of anilines is 1. The van der Waals surface area contributed by atoms with Gasteiger partial charge >= 0.3 is 0 Å². The minimum atomic E-state index is -0.304. The van der Waals surface area contributed by atoms with Gasteiger partial charge in [-0.15, -0.1) is 5.10 Å². The van der Waals surface area contributed by atoms with E-state index in [2.05, 4.69) is 22.3 Å². The zero-order valence-corrected chi connectivity index (χ0v) is 10.5. The van der Waals surface area contributed by atoms with E-state index in [-0.39, 0.29) is 5.82 Å². The highest BCUT2D eigenvalue weighted by Crippen LogP contribution is 2.37. The molecule has 0 radical (unpaired) electrons. The molecular weight excluding hydrogens is 231 g/mol. The van der Waals surface area contributed by atoms with Crippen LogP contribution >= 0.6 is 0 Å². The smallest absolute Gasteiger partial charge is 0.243 e. The number of hydrogen-bond acceptors (Lipinski definition) is 3. The Bertz CT molecular complexity index is 557. The van der Waals surface area contributed by atoms with Crippen molar-refractivity contribution < 1.29 is 4.39 Å². The van der Waals surface area contributed by atoms with Crippen LogP contribution in [0.5, 0.6) is 0 Å². The molecule has 1 fully saturated rings. The molecule has 18 heavy (non-hydrogen) atoms. The van der Waals surface area contributed by atoms with Crippen LogP contribution in [0.25, 0.3) is 5.65 Å². The summed E-state index contributed by atoms with van der Waals surface area (Å²) in [6.07, 6.45) is 6.46. The third-order valence-corrected chi connectivity index (χ3v) is 3.78. The minimum Gasteiger partial charge on any atom is -0.352 e. The molecule has 4 nitrogen and oxygen atoms in total. The maximum Gasteiger partial charge on any atom is 0.243 e. The Morgan fingerprint density at radius 3 is 2.94 bits per heavy atom. The summed E-state index contributed by atoms with van der Waals surface area (Å²) >= 11 is 0. The third-order valence-electron chi connectivity index (χ3n) is 3.78. The fourth-order valence-electron chi connectivity index (χ4n) is 2.63. The summed E-state index contributed by atoms with van der Waals surface area (Å²) in [7, 11) is 0. The predicted molar refractivity (Wildman–Crippen MR) is 68.0 cm³/mol. The van der Waals surface area contributed by atoms with Gasteiger partial charge in [0.05, 0.1) is 6.20 Å². The SMILES string of the molecule is CC1(CNc2nc3ccc(F)cn3n2)CCCC1. The lowest BCUT2D eigenvalue weighted by Gasteiger charge is -2.22. The van der Waals surface area contributed by atoms with Crippen molar-refractivity contribution in [1.82, 2.24) is 14.6 Å². The number of fused-ring (bicyclic) bond motifs is 1. The zero-order chi connectivity index (χ0) is 12.6. The van der Waals surface area contributed by atoms with Crippen molar-refractivity contribution in [3.8, 4) is 0 Å². The highest BCUT2D eigenvalue weighted by atomic mass is 19.1. The molecule has 1 aliphatic rings. The highest BCUT2D eigenvalue weighted by Gasteiger charge is 2.28. The van der Waals surface area contributed by atoms with Crippen molar-refractivity contribution in [2.45, 2.75) is 32.6 Å². The molecule has 0 unspecified atom stereocenters. The van der Waals surface area contributed by atoms with Gasteiger partial charge in [0, 0.05) is 6.54 Å². The molecule has 0 spiro atoms. The monoisotopic (exact) mass is 248 g/mol. The van der Waals surface area contributed by atoms with Gasteiger partial charge in [0.25, 0.3) is 0 Å². The Morgan fingerprint density at radius 1 is 1.39 bits per heavy atom. The number of hydrogen-bond donors (Lipinski definition) is 1. The molecule has 0 bridgehead atoms. The summed E-state index contributed by atoms with van der Waals surface area (Å²) in [5, 5.41) is 7.49. The lowest BCUT2D eigenvalue weighted by molar-refractivity contribution is 0.361. The summed E-state index contributed by atoms with van der Waals surface area (Å²) in [5.74, 6) is 0.274. The topological polar surface area (TPSA) is 42.2 Å². The summed E-state index contributed by atoms with van der Waals surface area (Å²) in [5.41, 5.74) is 1.01. The van der Waals surface area contributed by atoms with Crippen LogP contribution in [0.4, 0.5) is 10.3 Å². The van der Waals surface area contributed by atoms with Crippen LogP contribution < -0.4 is 5.32 Å². The largest absolute Gasteiger partial charge is 0.352 e. The Kier molecular flexibility index (Phi) is 2.69. The second kappa shape index (κ2) is 4.23. The van der Waals surface area contributed by atoms with Gasteiger partial charge in [-0.05, 0) is 30.4 Å². The third kappa shape index (κ3) is 2.17. The molecule has 0 amide bonds. The van der Waals surface area contributed by atoms with Crippen LogP contribution in [0.2, 0.25) is 0 Å². The molecule has 5 heteroatoms. The molecule has 2 aromatic heterocycles. The molecule has 1 aliphatic carbocycles. The van der Waals surface area contributed by atoms with Gasteiger partial charge in [-0.25, -0.2) is 8.91 Å². The van der Waals surface area contributed by atoms with E-state index in [1.54, 1.807) is 6.07 Å². The van der Waals surface area contributed by atoms with Crippen LogP contribution in [0.15, 0.2) is 18.3 Å². The van der Waals surface area contributed by atoms with E-state index in [4.69, 9.17) is 0 Å². The molecule has 0 atom stereocenters. The van der Waals surface area contributed by atoms with Crippen molar-refractivity contribution in [1.29, 1.82) is 0 Å². The number of nitrogens with zero attached hydrogens (tertiary/aromatic N) is 3. The van der Waals surface area contributed by atoms with Crippen LogP contribution in [-0.2, 0) is 0 Å². The summed E-state index contributed by atoms with van der Waals surface area (Å²) in [4.78, 5) is 4.32. The van der Waals surface area contributed by atoms with E-state index < -0.39 is 0 Å². The first-order valence-corrected chi connectivity index (χ1v) is 6.41. The second-order valence-electron chi connectivity index (χ2n) is 5.46. The van der Waals surface area contributed by atoms with Gasteiger partial charge in [-0.3, -0.25) is 0 Å². The van der Waals surface area contributed by atoms with Crippen LogP contribution in [0.1, 0.15) is 32.6 Å². The fraction of sp³-hybridized carbons (Fsp3) is 0.538. The van der Waals surface area contributed by atoms with Crippen molar-refractivity contribution in [2.24, 2.45) is 5.41 Å². The number of aromatic nitrogens is 3. The van der Waals surface area contributed by atoms with Crippen molar-refractivity contribution in [3.63, 3.8) is 0 Å². The molecule has 0 saturated heterocycles. The summed E-state index contributed by atoms with van der Waals surface area (Å²) in [6, 6.07) is 3.02. The van der Waals surface area contributed by atoms with Crippen LogP contribution in [0.3, 0.4) is 0 Å². The van der Waals surface area contributed by atoms with Crippen LogP contribution in [-0.4, -0.2) is 21.1 Å². The fourth-order valence-corrected chi connectivity index (χ4v) is 2.63. The maximum absolute atomic E-state index is 13.0. The highest BCUT2D eigenvalue weighted by molar-refractivity contribution is 5.43. The number of halogens is 1. The van der Waals surface area contributed by atoms with Crippen molar-refractivity contribution >= 4 is 11.6 Å². The van der Waals surface area contributed by atoms with Gasteiger partial charge in [0.2, 0.25) is 5.95 Å². The molecule has 96 valence electrons. The molecule has 0 aliphatic heterocycles. The Balaban J connectivity index is 1.74. The number of rotatable bonds is 3. The summed E-state index contributed by atoms with van der Waals surface area (Å²) < 4.78 is 14.5. The normalized spacial score (nSPS) is 18.3. The van der Waals surface area contributed by atoms with E-state index >= 15 is 0 Å². The second-order valence-corrected chi connectivity index (χ2v) is 5.46. The predicted octanol–water partition coefficient (Wildman–Crippen LogP) is 2.86. The zero-order valence-electron chi connectivity index (χ0n) is 10.5. The quantitative estimate of drug-likeness (QED) is 0.908. The lowest BCUT2D eigenvalue weighted by atomic mass is 9.89. The lowest BCUT2D eigenvalue weighted by Crippen LogP contribution is -2.23. The maximum atomic E-state index is 13.0. The minimum absolute atomic E-state index is 0.304. The molecular formula is C13H17FN4. The molecule has 2 aromatic rings. The van der Waals surface area contributed by atoms with Gasteiger partial charge in [-0.2, -0.15) is 4.98 Å². The van der Waals surface area contributed by atoms with Crippen molar-refractivity contribution in [3.05, 3.63) is 24.1 Å². The molecule has 2 heterocycles. The molecule has 0 aromatic carbocycles. The first-order chi connectivity index (χ1) is 8.65. The first kappa shape index (κ1) is 11.4. The van der Waals surface area contributed by atoms with Crippen LogP contribution in [0, 0.1) is 11.2 Å². The van der Waals surface area contributed by atoms with E-state index in [0.29, 0.717) is 17.0 Å². The van der Waals surface area contributed by atoms with E-state index in [0.717, 1.165) is 6.54 Å². The Morgan fingerprint density at radius 2 is 2.17 bits per heavy atom. The van der Waals surface area contributed by atoms with Gasteiger partial charge in [0.1, 0.15) is 5.82 Å². The number of pyridine rings is 1. The Labute approximate surface area is 105 Å². The number of nitrogens with one attached hydrogen (secondary N) is 1. The van der Waals surface area contributed by atoms with Crippen molar-refractivity contribution in [2.75, 3.05) is 11.9 Å². The summed E-state index contributed by atoms with van der Waals surface area (Å²) in [6.45, 7) is 3.18. The van der Waals surface area contributed by atoms with Gasteiger partial charge in [0.15, 0.2) is 5.65 Å². The van der Waals surface area contributed by atoms with E-state index in [1.807, 2.05) is 0 Å². The standard InChI is InChI=1S/C13H17FN4/c1-13(6-2-3-7-13)9-15-12-16-11-5-4-10(14)8-18(11)17-12/h4-5,8H,2-3,6-7,9H2,1H3,(H,15,17). The molecule has 1 saturated carbocycles. The Hall–Kier alpha value is -1.65. The average Bonchev–Trinajstić information content (AvgIpc) is 2.93. The first-order valence-electron chi connectivity index (χ1n) is 6.41. The van der Waals surface area contributed by atoms with Gasteiger partial charge < -0.3 is 5.32 Å².